The van der Waals surface area contributed by atoms with Crippen molar-refractivity contribution < 1.29 is 9.90 Å². The molecule has 2 fully saturated rings. The Bertz CT molecular complexity index is 241. The number of carbonyl (C=O) groups is 1. The van der Waals surface area contributed by atoms with Gasteiger partial charge in [0.1, 0.15) is 0 Å². The molecular formula is C11H20N2O2. The van der Waals surface area contributed by atoms with E-state index < -0.39 is 0 Å². The van der Waals surface area contributed by atoms with Crippen molar-refractivity contribution in [3.05, 3.63) is 0 Å². The maximum atomic E-state index is 11.7. The van der Waals surface area contributed by atoms with Gasteiger partial charge >= 0.3 is 0 Å². The van der Waals surface area contributed by atoms with E-state index in [1.807, 2.05) is 6.92 Å². The predicted molar refractivity (Wildman–Crippen MR) is 56.8 cm³/mol. The summed E-state index contributed by atoms with van der Waals surface area (Å²) in [7, 11) is 0. The highest BCUT2D eigenvalue weighted by Crippen LogP contribution is 2.33. The SMILES string of the molecule is CC(CO)CN1NC(C2CCC2)CC1=O. The first-order chi connectivity index (χ1) is 7.20. The summed E-state index contributed by atoms with van der Waals surface area (Å²) >= 11 is 0. The fourth-order valence-electron chi connectivity index (χ4n) is 2.25. The molecule has 0 bridgehead atoms. The molecule has 0 radical (unpaired) electrons. The smallest absolute Gasteiger partial charge is 0.238 e. The highest BCUT2D eigenvalue weighted by molar-refractivity contribution is 5.78. The first-order valence-corrected chi connectivity index (χ1v) is 5.88. The number of aliphatic hydroxyl groups is 1. The second-order valence-corrected chi connectivity index (χ2v) is 4.92. The monoisotopic (exact) mass is 212 g/mol. The van der Waals surface area contributed by atoms with Crippen LogP contribution in [0, 0.1) is 11.8 Å². The summed E-state index contributed by atoms with van der Waals surface area (Å²) in [5, 5.41) is 10.6. The molecule has 0 spiro atoms. The maximum absolute atomic E-state index is 11.7. The van der Waals surface area contributed by atoms with Crippen LogP contribution in [0.15, 0.2) is 0 Å². The van der Waals surface area contributed by atoms with Crippen LogP contribution in [0.1, 0.15) is 32.6 Å². The Morgan fingerprint density at radius 1 is 1.60 bits per heavy atom. The molecule has 2 atom stereocenters. The molecule has 4 heteroatoms. The molecule has 1 aliphatic heterocycles. The minimum atomic E-state index is 0.138. The van der Waals surface area contributed by atoms with Gasteiger partial charge in [0.25, 0.3) is 0 Å². The molecule has 1 amide bonds. The lowest BCUT2D eigenvalue weighted by molar-refractivity contribution is -0.130. The largest absolute Gasteiger partial charge is 0.396 e. The van der Waals surface area contributed by atoms with Crippen molar-refractivity contribution in [2.75, 3.05) is 13.2 Å². The standard InChI is InChI=1S/C11H20N2O2/c1-8(7-14)6-13-11(15)5-10(12-13)9-3-2-4-9/h8-10,12,14H,2-7H2,1H3. The Kier molecular flexibility index (Phi) is 3.26. The van der Waals surface area contributed by atoms with Gasteiger partial charge in [0.2, 0.25) is 5.91 Å². The third-order valence-corrected chi connectivity index (χ3v) is 3.54. The van der Waals surface area contributed by atoms with Crippen LogP contribution in [0.2, 0.25) is 0 Å². The molecule has 2 N–H and O–H groups in total. The van der Waals surface area contributed by atoms with Gasteiger partial charge in [-0.25, -0.2) is 5.43 Å². The maximum Gasteiger partial charge on any atom is 0.238 e. The highest BCUT2D eigenvalue weighted by atomic mass is 16.3. The lowest BCUT2D eigenvalue weighted by atomic mass is 9.79. The van der Waals surface area contributed by atoms with E-state index in [4.69, 9.17) is 5.11 Å². The summed E-state index contributed by atoms with van der Waals surface area (Å²) in [4.78, 5) is 11.7. The van der Waals surface area contributed by atoms with Gasteiger partial charge in [-0.2, -0.15) is 0 Å². The van der Waals surface area contributed by atoms with E-state index in [-0.39, 0.29) is 18.4 Å². The zero-order chi connectivity index (χ0) is 10.8. The van der Waals surface area contributed by atoms with Gasteiger partial charge in [-0.1, -0.05) is 13.3 Å². The fraction of sp³-hybridized carbons (Fsp3) is 0.909. The molecule has 1 saturated carbocycles. The number of amides is 1. The second-order valence-electron chi connectivity index (χ2n) is 4.92. The number of rotatable bonds is 4. The van der Waals surface area contributed by atoms with Crippen LogP contribution >= 0.6 is 0 Å². The minimum absolute atomic E-state index is 0.138. The molecule has 86 valence electrons. The Hall–Kier alpha value is -0.610. The van der Waals surface area contributed by atoms with Crippen LogP contribution in [-0.2, 0) is 4.79 Å². The Balaban J connectivity index is 1.83. The van der Waals surface area contributed by atoms with Crippen molar-refractivity contribution in [1.29, 1.82) is 0 Å². The predicted octanol–water partition coefficient (Wildman–Crippen LogP) is 0.520. The topological polar surface area (TPSA) is 52.6 Å². The Labute approximate surface area is 90.6 Å². The van der Waals surface area contributed by atoms with E-state index in [9.17, 15) is 4.79 Å². The molecule has 0 aromatic rings. The van der Waals surface area contributed by atoms with Crippen molar-refractivity contribution in [1.82, 2.24) is 10.4 Å². The molecule has 1 saturated heterocycles. The number of hydrazine groups is 1. The summed E-state index contributed by atoms with van der Waals surface area (Å²) in [5.74, 6) is 1.04. The fourth-order valence-corrected chi connectivity index (χ4v) is 2.25. The summed E-state index contributed by atoms with van der Waals surface area (Å²) < 4.78 is 0. The van der Waals surface area contributed by atoms with E-state index in [0.29, 0.717) is 24.9 Å². The van der Waals surface area contributed by atoms with Crippen LogP contribution < -0.4 is 5.43 Å². The number of aliphatic hydroxyl groups excluding tert-OH is 1. The van der Waals surface area contributed by atoms with Crippen LogP contribution in [0.5, 0.6) is 0 Å². The molecule has 1 heterocycles. The third kappa shape index (κ3) is 2.32. The summed E-state index contributed by atoms with van der Waals surface area (Å²) in [6.45, 7) is 2.71. The molecule has 1 aliphatic carbocycles. The normalized spacial score (nSPS) is 29.3. The van der Waals surface area contributed by atoms with Gasteiger partial charge in [-0.15, -0.1) is 0 Å². The number of hydrogen-bond acceptors (Lipinski definition) is 3. The molecular weight excluding hydrogens is 192 g/mol. The van der Waals surface area contributed by atoms with Gasteiger partial charge in [-0.05, 0) is 24.7 Å². The lowest BCUT2D eigenvalue weighted by Gasteiger charge is -2.31. The number of nitrogens with one attached hydrogen (secondary N) is 1. The van der Waals surface area contributed by atoms with Crippen molar-refractivity contribution in [3.63, 3.8) is 0 Å². The Morgan fingerprint density at radius 3 is 2.87 bits per heavy atom. The first kappa shape index (κ1) is 10.9. The van der Waals surface area contributed by atoms with Crippen LogP contribution in [0.25, 0.3) is 0 Å². The summed E-state index contributed by atoms with van der Waals surface area (Å²) in [5.41, 5.74) is 3.28. The zero-order valence-corrected chi connectivity index (χ0v) is 9.28. The first-order valence-electron chi connectivity index (χ1n) is 5.88. The van der Waals surface area contributed by atoms with Crippen LogP contribution in [-0.4, -0.2) is 35.2 Å². The van der Waals surface area contributed by atoms with E-state index in [0.717, 1.165) is 0 Å². The molecule has 2 aliphatic rings. The molecule has 0 aromatic heterocycles. The number of nitrogens with zero attached hydrogens (tertiary/aromatic N) is 1. The average Bonchev–Trinajstić information content (AvgIpc) is 2.44. The summed E-state index contributed by atoms with van der Waals surface area (Å²) in [6.07, 6.45) is 4.47. The lowest BCUT2D eigenvalue weighted by Crippen LogP contribution is -2.44. The van der Waals surface area contributed by atoms with Crippen molar-refractivity contribution in [3.8, 4) is 0 Å². The molecule has 0 aromatic carbocycles. The molecule has 2 unspecified atom stereocenters. The number of carbonyl (C=O) groups excluding carboxylic acids is 1. The molecule has 4 nitrogen and oxygen atoms in total. The highest BCUT2D eigenvalue weighted by Gasteiger charge is 2.37. The van der Waals surface area contributed by atoms with E-state index in [1.165, 1.54) is 19.3 Å². The van der Waals surface area contributed by atoms with Crippen molar-refractivity contribution >= 4 is 5.91 Å². The van der Waals surface area contributed by atoms with Crippen molar-refractivity contribution in [2.24, 2.45) is 11.8 Å². The molecule has 2 rings (SSSR count). The number of hydrogen-bond donors (Lipinski definition) is 2. The quantitative estimate of drug-likeness (QED) is 0.714. The van der Waals surface area contributed by atoms with Gasteiger partial charge in [-0.3, -0.25) is 9.80 Å². The van der Waals surface area contributed by atoms with Gasteiger partial charge in [0, 0.05) is 25.6 Å². The van der Waals surface area contributed by atoms with E-state index in [1.54, 1.807) is 5.01 Å². The van der Waals surface area contributed by atoms with Gasteiger partial charge in [0.05, 0.1) is 0 Å². The minimum Gasteiger partial charge on any atom is -0.396 e. The Morgan fingerprint density at radius 2 is 2.33 bits per heavy atom. The van der Waals surface area contributed by atoms with E-state index in [2.05, 4.69) is 5.43 Å². The van der Waals surface area contributed by atoms with Crippen LogP contribution in [0.4, 0.5) is 0 Å². The average molecular weight is 212 g/mol. The van der Waals surface area contributed by atoms with Gasteiger partial charge in [0.15, 0.2) is 0 Å². The van der Waals surface area contributed by atoms with Gasteiger partial charge < -0.3 is 5.11 Å². The molecule has 15 heavy (non-hydrogen) atoms. The second kappa shape index (κ2) is 4.49. The third-order valence-electron chi connectivity index (χ3n) is 3.54. The van der Waals surface area contributed by atoms with Crippen LogP contribution in [0.3, 0.4) is 0 Å². The van der Waals surface area contributed by atoms with Crippen molar-refractivity contribution in [2.45, 2.75) is 38.6 Å². The summed E-state index contributed by atoms with van der Waals surface area (Å²) in [6, 6.07) is 0.358. The zero-order valence-electron chi connectivity index (χ0n) is 9.28. The van der Waals surface area contributed by atoms with E-state index >= 15 is 0 Å².